The summed E-state index contributed by atoms with van der Waals surface area (Å²) in [5.41, 5.74) is 1.30. The molecule has 0 aliphatic carbocycles. The van der Waals surface area contributed by atoms with Gasteiger partial charge in [-0.15, -0.1) is 0 Å². The Morgan fingerprint density at radius 2 is 2.08 bits per heavy atom. The lowest BCUT2D eigenvalue weighted by Gasteiger charge is -2.33. The fraction of sp³-hybridized carbons (Fsp3) is 0.500. The van der Waals surface area contributed by atoms with Crippen LogP contribution in [0.15, 0.2) is 40.8 Å². The first-order valence-corrected chi connectivity index (χ1v) is 8.92. The van der Waals surface area contributed by atoms with E-state index in [0.29, 0.717) is 12.6 Å². The largest absolute Gasteiger partial charge is 0.497 e. The first-order valence-electron chi connectivity index (χ1n) is 8.92. The smallest absolute Gasteiger partial charge is 0.129 e. The molecule has 0 bridgehead atoms. The third kappa shape index (κ3) is 5.33. The molecule has 2 aromatic rings. The van der Waals surface area contributed by atoms with Crippen LogP contribution in [0.25, 0.3) is 0 Å². The Morgan fingerprint density at radius 3 is 2.92 bits per heavy atom. The maximum atomic E-state index is 5.75. The molecule has 2 heterocycles. The zero-order valence-corrected chi connectivity index (χ0v) is 15.2. The molecule has 1 atom stereocenters. The van der Waals surface area contributed by atoms with Crippen LogP contribution in [0, 0.1) is 0 Å². The predicted octanol–water partition coefficient (Wildman–Crippen LogP) is 3.19. The Hall–Kier alpha value is -1.82. The SMILES string of the molecule is COCc1ccc(CNC2CCCN(Cc3cccc(OC)c3)C2)o1. The molecule has 1 aromatic carbocycles. The highest BCUT2D eigenvalue weighted by atomic mass is 16.5. The normalized spacial score (nSPS) is 18.4. The molecule has 25 heavy (non-hydrogen) atoms. The second-order valence-corrected chi connectivity index (χ2v) is 6.61. The number of rotatable bonds is 8. The lowest BCUT2D eigenvalue weighted by Crippen LogP contribution is -2.44. The van der Waals surface area contributed by atoms with E-state index in [1.54, 1.807) is 14.2 Å². The van der Waals surface area contributed by atoms with Gasteiger partial charge in [-0.1, -0.05) is 12.1 Å². The average Bonchev–Trinajstić information content (AvgIpc) is 3.08. The molecule has 5 heteroatoms. The monoisotopic (exact) mass is 344 g/mol. The molecule has 0 radical (unpaired) electrons. The molecular weight excluding hydrogens is 316 g/mol. The van der Waals surface area contributed by atoms with Crippen LogP contribution in [-0.4, -0.2) is 38.3 Å². The van der Waals surface area contributed by atoms with Crippen molar-refractivity contribution in [2.24, 2.45) is 0 Å². The van der Waals surface area contributed by atoms with Gasteiger partial charge in [0.15, 0.2) is 0 Å². The van der Waals surface area contributed by atoms with Crippen LogP contribution >= 0.6 is 0 Å². The van der Waals surface area contributed by atoms with Gasteiger partial charge in [0.1, 0.15) is 23.9 Å². The number of hydrogen-bond donors (Lipinski definition) is 1. The molecule has 3 rings (SSSR count). The van der Waals surface area contributed by atoms with E-state index >= 15 is 0 Å². The van der Waals surface area contributed by atoms with Gasteiger partial charge >= 0.3 is 0 Å². The molecule has 1 aromatic heterocycles. The Morgan fingerprint density at radius 1 is 1.20 bits per heavy atom. The summed E-state index contributed by atoms with van der Waals surface area (Å²) in [5, 5.41) is 3.63. The fourth-order valence-corrected chi connectivity index (χ4v) is 3.38. The molecule has 1 aliphatic rings. The highest BCUT2D eigenvalue weighted by Crippen LogP contribution is 2.18. The van der Waals surface area contributed by atoms with Crippen LogP contribution in [-0.2, 0) is 24.4 Å². The van der Waals surface area contributed by atoms with E-state index in [9.17, 15) is 0 Å². The van der Waals surface area contributed by atoms with Gasteiger partial charge in [-0.05, 0) is 49.2 Å². The zero-order chi connectivity index (χ0) is 17.5. The van der Waals surface area contributed by atoms with Crippen LogP contribution in [0.2, 0.25) is 0 Å². The summed E-state index contributed by atoms with van der Waals surface area (Å²) in [6, 6.07) is 12.8. The number of ether oxygens (including phenoxy) is 2. The van der Waals surface area contributed by atoms with Gasteiger partial charge in [0.25, 0.3) is 0 Å². The molecule has 0 amide bonds. The van der Waals surface area contributed by atoms with Crippen LogP contribution in [0.1, 0.15) is 29.9 Å². The number of hydrogen-bond acceptors (Lipinski definition) is 5. The molecular formula is C20H28N2O3. The Labute approximate surface area is 149 Å². The number of piperidine rings is 1. The minimum Gasteiger partial charge on any atom is -0.497 e. The minimum atomic E-state index is 0.496. The highest BCUT2D eigenvalue weighted by Gasteiger charge is 2.20. The lowest BCUT2D eigenvalue weighted by molar-refractivity contribution is 0.160. The Bertz CT molecular complexity index is 656. The summed E-state index contributed by atoms with van der Waals surface area (Å²) < 4.78 is 16.2. The third-order valence-corrected chi connectivity index (χ3v) is 4.61. The van der Waals surface area contributed by atoms with Crippen molar-refractivity contribution in [3.63, 3.8) is 0 Å². The van der Waals surface area contributed by atoms with Crippen LogP contribution in [0.3, 0.4) is 0 Å². The van der Waals surface area contributed by atoms with E-state index in [1.807, 2.05) is 18.2 Å². The fourth-order valence-electron chi connectivity index (χ4n) is 3.38. The van der Waals surface area contributed by atoms with E-state index in [0.717, 1.165) is 43.4 Å². The second kappa shape index (κ2) is 9.04. The predicted molar refractivity (Wildman–Crippen MR) is 97.6 cm³/mol. The van der Waals surface area contributed by atoms with Gasteiger partial charge in [-0.3, -0.25) is 4.90 Å². The van der Waals surface area contributed by atoms with E-state index in [-0.39, 0.29) is 0 Å². The Kier molecular flexibility index (Phi) is 6.50. The van der Waals surface area contributed by atoms with Gasteiger partial charge in [0.05, 0.1) is 13.7 Å². The molecule has 1 unspecified atom stereocenters. The number of furan rings is 1. The topological polar surface area (TPSA) is 46.9 Å². The standard InChI is InChI=1S/C20H28N2O3/c1-23-15-20-9-8-19(25-20)12-21-17-6-4-10-22(14-17)13-16-5-3-7-18(11-16)24-2/h3,5,7-9,11,17,21H,4,6,10,12-15H2,1-2H3. The summed E-state index contributed by atoms with van der Waals surface area (Å²) in [7, 11) is 3.39. The molecule has 1 aliphatic heterocycles. The molecule has 1 saturated heterocycles. The third-order valence-electron chi connectivity index (χ3n) is 4.61. The van der Waals surface area contributed by atoms with Crippen molar-refractivity contribution in [1.29, 1.82) is 0 Å². The Balaban J connectivity index is 1.48. The van der Waals surface area contributed by atoms with Crippen LogP contribution < -0.4 is 10.1 Å². The number of methoxy groups -OCH3 is 2. The van der Waals surface area contributed by atoms with Gasteiger partial charge in [-0.25, -0.2) is 0 Å². The molecule has 5 nitrogen and oxygen atoms in total. The van der Waals surface area contributed by atoms with Crippen molar-refractivity contribution in [3.8, 4) is 5.75 Å². The highest BCUT2D eigenvalue weighted by molar-refractivity contribution is 5.28. The first kappa shape index (κ1) is 18.0. The summed E-state index contributed by atoms with van der Waals surface area (Å²) >= 11 is 0. The van der Waals surface area contributed by atoms with Crippen molar-refractivity contribution >= 4 is 0 Å². The lowest BCUT2D eigenvalue weighted by atomic mass is 10.0. The minimum absolute atomic E-state index is 0.496. The van der Waals surface area contributed by atoms with Crippen molar-refractivity contribution in [2.45, 2.75) is 38.6 Å². The summed E-state index contributed by atoms with van der Waals surface area (Å²) in [4.78, 5) is 2.51. The number of nitrogens with zero attached hydrogens (tertiary/aromatic N) is 1. The molecule has 0 spiro atoms. The van der Waals surface area contributed by atoms with Gasteiger partial charge < -0.3 is 19.2 Å². The first-order chi connectivity index (χ1) is 12.3. The summed E-state index contributed by atoms with van der Waals surface area (Å²) in [6.07, 6.45) is 2.43. The number of benzene rings is 1. The van der Waals surface area contributed by atoms with Crippen molar-refractivity contribution < 1.29 is 13.9 Å². The summed E-state index contributed by atoms with van der Waals surface area (Å²) in [5.74, 6) is 2.77. The van der Waals surface area contributed by atoms with Crippen molar-refractivity contribution in [3.05, 3.63) is 53.5 Å². The maximum Gasteiger partial charge on any atom is 0.129 e. The summed E-state index contributed by atoms with van der Waals surface area (Å²) in [6.45, 7) is 4.46. The van der Waals surface area contributed by atoms with E-state index in [4.69, 9.17) is 13.9 Å². The second-order valence-electron chi connectivity index (χ2n) is 6.61. The van der Waals surface area contributed by atoms with E-state index < -0.39 is 0 Å². The van der Waals surface area contributed by atoms with Crippen LogP contribution in [0.5, 0.6) is 5.75 Å². The average molecular weight is 344 g/mol. The van der Waals surface area contributed by atoms with Crippen molar-refractivity contribution in [2.75, 3.05) is 27.3 Å². The molecule has 136 valence electrons. The molecule has 0 saturated carbocycles. The number of nitrogens with one attached hydrogen (secondary N) is 1. The van der Waals surface area contributed by atoms with Crippen molar-refractivity contribution in [1.82, 2.24) is 10.2 Å². The molecule has 1 fully saturated rings. The zero-order valence-electron chi connectivity index (χ0n) is 15.2. The van der Waals surface area contributed by atoms with E-state index in [2.05, 4.69) is 28.4 Å². The van der Waals surface area contributed by atoms with Gasteiger partial charge in [0.2, 0.25) is 0 Å². The quantitative estimate of drug-likeness (QED) is 0.797. The van der Waals surface area contributed by atoms with Gasteiger partial charge in [-0.2, -0.15) is 0 Å². The van der Waals surface area contributed by atoms with Crippen LogP contribution in [0.4, 0.5) is 0 Å². The van der Waals surface area contributed by atoms with E-state index in [1.165, 1.54) is 18.4 Å². The maximum absolute atomic E-state index is 5.75. The molecule has 1 N–H and O–H groups in total. The number of likely N-dealkylation sites (tertiary alicyclic amines) is 1. The van der Waals surface area contributed by atoms with Gasteiger partial charge in [0, 0.05) is 26.2 Å².